The molecule has 0 aliphatic heterocycles. The number of hydrogen-bond acceptors (Lipinski definition) is 3. The Morgan fingerprint density at radius 1 is 1.05 bits per heavy atom. The summed E-state index contributed by atoms with van der Waals surface area (Å²) in [7, 11) is 1.64. The van der Waals surface area contributed by atoms with Crippen LogP contribution in [0.2, 0.25) is 0 Å². The van der Waals surface area contributed by atoms with Gasteiger partial charge in [0, 0.05) is 24.5 Å². The fraction of sp³-hybridized carbons (Fsp3) is 0.688. The third-order valence-corrected chi connectivity index (χ3v) is 3.30. The van der Waals surface area contributed by atoms with Crippen LogP contribution in [0.5, 0.6) is 5.88 Å². The molecule has 108 valence electrons. The van der Waals surface area contributed by atoms with Gasteiger partial charge in [0.2, 0.25) is 5.88 Å². The van der Waals surface area contributed by atoms with Crippen LogP contribution in [0.1, 0.15) is 58.3 Å². The molecule has 1 aromatic heterocycles. The molecule has 0 atom stereocenters. The van der Waals surface area contributed by atoms with Gasteiger partial charge in [0.1, 0.15) is 0 Å². The van der Waals surface area contributed by atoms with Gasteiger partial charge < -0.3 is 10.1 Å². The molecule has 0 aromatic carbocycles. The molecule has 19 heavy (non-hydrogen) atoms. The van der Waals surface area contributed by atoms with Crippen molar-refractivity contribution in [2.45, 2.75) is 58.3 Å². The first-order valence-electron chi connectivity index (χ1n) is 7.60. The van der Waals surface area contributed by atoms with Crippen LogP contribution in [-0.2, 0) is 0 Å². The van der Waals surface area contributed by atoms with E-state index in [0.717, 1.165) is 12.2 Å². The predicted molar refractivity (Wildman–Crippen MR) is 81.9 cm³/mol. The van der Waals surface area contributed by atoms with Gasteiger partial charge in [0.15, 0.2) is 0 Å². The zero-order valence-corrected chi connectivity index (χ0v) is 12.5. The van der Waals surface area contributed by atoms with Gasteiger partial charge in [-0.3, -0.25) is 0 Å². The van der Waals surface area contributed by atoms with Gasteiger partial charge in [-0.25, -0.2) is 4.98 Å². The molecule has 0 aliphatic rings. The van der Waals surface area contributed by atoms with E-state index in [2.05, 4.69) is 17.2 Å². The van der Waals surface area contributed by atoms with Crippen molar-refractivity contribution in [2.24, 2.45) is 0 Å². The molecule has 0 saturated heterocycles. The molecule has 0 fully saturated rings. The fourth-order valence-electron chi connectivity index (χ4n) is 2.12. The monoisotopic (exact) mass is 264 g/mol. The van der Waals surface area contributed by atoms with Gasteiger partial charge >= 0.3 is 0 Å². The summed E-state index contributed by atoms with van der Waals surface area (Å²) < 4.78 is 5.10. The third-order valence-electron chi connectivity index (χ3n) is 3.30. The summed E-state index contributed by atoms with van der Waals surface area (Å²) in [5.74, 6) is 0.668. The number of nitrogens with zero attached hydrogens (tertiary/aromatic N) is 1. The van der Waals surface area contributed by atoms with Gasteiger partial charge in [-0.15, -0.1) is 0 Å². The standard InChI is InChI=1S/C16H28N2O/c1-3-4-5-6-7-8-9-10-12-17-15-11-13-18-16(14-15)19-2/h11,13-14H,3-10,12H2,1-2H3,(H,17,18). The minimum absolute atomic E-state index is 0.668. The molecule has 0 bridgehead atoms. The number of aromatic nitrogens is 1. The highest BCUT2D eigenvalue weighted by Crippen LogP contribution is 2.14. The maximum atomic E-state index is 5.10. The van der Waals surface area contributed by atoms with E-state index in [-0.39, 0.29) is 0 Å². The Bertz CT molecular complexity index is 328. The second kappa shape index (κ2) is 10.7. The molecule has 1 rings (SSSR count). The van der Waals surface area contributed by atoms with Gasteiger partial charge in [0.25, 0.3) is 0 Å². The summed E-state index contributed by atoms with van der Waals surface area (Å²) in [4.78, 5) is 4.09. The maximum Gasteiger partial charge on any atom is 0.214 e. The van der Waals surface area contributed by atoms with Crippen molar-refractivity contribution in [1.82, 2.24) is 4.98 Å². The molecule has 0 unspecified atom stereocenters. The number of rotatable bonds is 11. The van der Waals surface area contributed by atoms with E-state index in [1.807, 2.05) is 12.1 Å². The summed E-state index contributed by atoms with van der Waals surface area (Å²) in [5, 5.41) is 3.41. The number of anilines is 1. The molecule has 0 amide bonds. The number of nitrogens with one attached hydrogen (secondary N) is 1. The minimum Gasteiger partial charge on any atom is -0.481 e. The van der Waals surface area contributed by atoms with E-state index in [0.29, 0.717) is 5.88 Å². The number of hydrogen-bond donors (Lipinski definition) is 1. The van der Waals surface area contributed by atoms with Crippen molar-refractivity contribution in [3.05, 3.63) is 18.3 Å². The Hall–Kier alpha value is -1.25. The van der Waals surface area contributed by atoms with E-state index < -0.39 is 0 Å². The quantitative estimate of drug-likeness (QED) is 0.591. The molecule has 0 radical (unpaired) electrons. The summed E-state index contributed by atoms with van der Waals surface area (Å²) in [6.45, 7) is 3.29. The first kappa shape index (κ1) is 15.8. The summed E-state index contributed by atoms with van der Waals surface area (Å²) in [5.41, 5.74) is 1.09. The van der Waals surface area contributed by atoms with E-state index in [1.54, 1.807) is 13.3 Å². The molecule has 0 spiro atoms. The lowest BCUT2D eigenvalue weighted by atomic mass is 10.1. The highest BCUT2D eigenvalue weighted by Gasteiger charge is 1.96. The first-order valence-corrected chi connectivity index (χ1v) is 7.60. The van der Waals surface area contributed by atoms with Gasteiger partial charge in [0.05, 0.1) is 7.11 Å². The van der Waals surface area contributed by atoms with Crippen LogP contribution in [0.4, 0.5) is 5.69 Å². The van der Waals surface area contributed by atoms with E-state index in [9.17, 15) is 0 Å². The highest BCUT2D eigenvalue weighted by molar-refractivity contribution is 5.44. The maximum absolute atomic E-state index is 5.10. The molecule has 1 aromatic rings. The smallest absolute Gasteiger partial charge is 0.214 e. The van der Waals surface area contributed by atoms with Crippen LogP contribution in [0, 0.1) is 0 Å². The van der Waals surface area contributed by atoms with Crippen LogP contribution in [0.15, 0.2) is 18.3 Å². The zero-order chi connectivity index (χ0) is 13.8. The Morgan fingerprint density at radius 2 is 1.74 bits per heavy atom. The lowest BCUT2D eigenvalue weighted by Crippen LogP contribution is -2.01. The molecule has 1 heterocycles. The van der Waals surface area contributed by atoms with Gasteiger partial charge in [-0.2, -0.15) is 0 Å². The predicted octanol–water partition coefficient (Wildman–Crippen LogP) is 4.64. The minimum atomic E-state index is 0.668. The average molecular weight is 264 g/mol. The van der Waals surface area contributed by atoms with Crippen LogP contribution in [0.25, 0.3) is 0 Å². The highest BCUT2D eigenvalue weighted by atomic mass is 16.5. The van der Waals surface area contributed by atoms with Crippen molar-refractivity contribution in [1.29, 1.82) is 0 Å². The van der Waals surface area contributed by atoms with E-state index >= 15 is 0 Å². The van der Waals surface area contributed by atoms with Crippen molar-refractivity contribution in [3.8, 4) is 5.88 Å². The summed E-state index contributed by atoms with van der Waals surface area (Å²) >= 11 is 0. The second-order valence-corrected chi connectivity index (χ2v) is 4.99. The van der Waals surface area contributed by atoms with Gasteiger partial charge in [-0.05, 0) is 12.5 Å². The van der Waals surface area contributed by atoms with E-state index in [1.165, 1.54) is 51.4 Å². The SMILES string of the molecule is CCCCCCCCCCNc1ccnc(OC)c1. The second-order valence-electron chi connectivity index (χ2n) is 4.99. The summed E-state index contributed by atoms with van der Waals surface area (Å²) in [6.07, 6.45) is 12.6. The third kappa shape index (κ3) is 7.70. The fourth-order valence-corrected chi connectivity index (χ4v) is 2.12. The molecule has 3 heteroatoms. The number of unbranched alkanes of at least 4 members (excludes halogenated alkanes) is 7. The summed E-state index contributed by atoms with van der Waals surface area (Å²) in [6, 6.07) is 3.91. The number of ether oxygens (including phenoxy) is 1. The average Bonchev–Trinajstić information content (AvgIpc) is 2.46. The van der Waals surface area contributed by atoms with Crippen LogP contribution in [-0.4, -0.2) is 18.6 Å². The van der Waals surface area contributed by atoms with Gasteiger partial charge in [-0.1, -0.05) is 51.9 Å². The largest absolute Gasteiger partial charge is 0.481 e. The Balaban J connectivity index is 1.98. The zero-order valence-electron chi connectivity index (χ0n) is 12.5. The van der Waals surface area contributed by atoms with Crippen molar-refractivity contribution >= 4 is 5.69 Å². The molecular formula is C16H28N2O. The lowest BCUT2D eigenvalue weighted by Gasteiger charge is -2.07. The van der Waals surface area contributed by atoms with Crippen LogP contribution >= 0.6 is 0 Å². The Kier molecular flexibility index (Phi) is 8.86. The molecular weight excluding hydrogens is 236 g/mol. The molecule has 0 saturated carbocycles. The number of methoxy groups -OCH3 is 1. The van der Waals surface area contributed by atoms with Crippen molar-refractivity contribution in [2.75, 3.05) is 19.0 Å². The first-order chi connectivity index (χ1) is 9.36. The normalized spacial score (nSPS) is 10.4. The number of pyridine rings is 1. The molecule has 0 aliphatic carbocycles. The van der Waals surface area contributed by atoms with Crippen LogP contribution < -0.4 is 10.1 Å². The van der Waals surface area contributed by atoms with Crippen molar-refractivity contribution < 1.29 is 4.74 Å². The van der Waals surface area contributed by atoms with Crippen LogP contribution in [0.3, 0.4) is 0 Å². The Labute approximate surface area is 117 Å². The Morgan fingerprint density at radius 3 is 2.42 bits per heavy atom. The van der Waals surface area contributed by atoms with E-state index in [4.69, 9.17) is 4.74 Å². The molecule has 3 nitrogen and oxygen atoms in total. The molecule has 1 N–H and O–H groups in total. The lowest BCUT2D eigenvalue weighted by molar-refractivity contribution is 0.398. The topological polar surface area (TPSA) is 34.2 Å². The van der Waals surface area contributed by atoms with Crippen molar-refractivity contribution in [3.63, 3.8) is 0 Å².